The minimum absolute atomic E-state index is 0.00253. The highest BCUT2D eigenvalue weighted by Gasteiger charge is 2.58. The Labute approximate surface area is 212 Å². The monoisotopic (exact) mass is 558 g/mol. The predicted molar refractivity (Wildman–Crippen MR) is 125 cm³/mol. The van der Waals surface area contributed by atoms with Crippen LogP contribution in [0.3, 0.4) is 0 Å². The second-order valence-electron chi connectivity index (χ2n) is 8.86. The van der Waals surface area contributed by atoms with Crippen molar-refractivity contribution in [3.63, 3.8) is 0 Å². The first-order valence-corrected chi connectivity index (χ1v) is 12.9. The van der Waals surface area contributed by atoms with Crippen LogP contribution in [0.25, 0.3) is 0 Å². The summed E-state index contributed by atoms with van der Waals surface area (Å²) < 4.78 is 35.7. The van der Waals surface area contributed by atoms with Gasteiger partial charge in [0.25, 0.3) is 11.8 Å². The van der Waals surface area contributed by atoms with E-state index in [0.717, 1.165) is 23.6 Å². The molecule has 2 aromatic rings. The number of nitrogens with two attached hydrogens (primary N) is 1. The summed E-state index contributed by atoms with van der Waals surface area (Å²) in [5.41, 5.74) is 3.12. The van der Waals surface area contributed by atoms with Gasteiger partial charge in [-0.2, -0.15) is 18.2 Å². The molecule has 2 aliphatic rings. The molecule has 1 saturated heterocycles. The first-order valence-electron chi connectivity index (χ1n) is 10.6. The van der Waals surface area contributed by atoms with Crippen LogP contribution in [0.4, 0.5) is 5.13 Å². The summed E-state index contributed by atoms with van der Waals surface area (Å²) in [5, 5.41) is 27.9. The van der Waals surface area contributed by atoms with E-state index in [-0.39, 0.29) is 22.4 Å². The number of hydrogen-bond donors (Lipinski definition) is 5. The van der Waals surface area contributed by atoms with Crippen molar-refractivity contribution in [1.29, 1.82) is 0 Å². The van der Waals surface area contributed by atoms with Crippen LogP contribution < -0.4 is 16.5 Å². The normalized spacial score (nSPS) is 20.3. The van der Waals surface area contributed by atoms with E-state index in [9.17, 15) is 33.1 Å². The van der Waals surface area contributed by atoms with Gasteiger partial charge in [-0.05, 0) is 26.7 Å². The zero-order chi connectivity index (χ0) is 27.3. The molecule has 1 saturated carbocycles. The molecule has 2 fully saturated rings. The van der Waals surface area contributed by atoms with Crippen LogP contribution in [-0.4, -0.2) is 67.2 Å². The van der Waals surface area contributed by atoms with E-state index in [4.69, 9.17) is 15.1 Å². The number of hydrogen-bond acceptors (Lipinski definition) is 13. The minimum Gasteiger partial charge on any atom is -0.503 e. The number of hydroxylamine groups is 2. The van der Waals surface area contributed by atoms with Crippen molar-refractivity contribution >= 4 is 44.4 Å². The fourth-order valence-corrected chi connectivity index (χ4v) is 4.65. The molecule has 3 heterocycles. The van der Waals surface area contributed by atoms with Crippen LogP contribution in [0.2, 0.25) is 0 Å². The number of oxime groups is 1. The molecule has 0 aromatic carbocycles. The Morgan fingerprint density at radius 2 is 2.05 bits per heavy atom. The largest absolute Gasteiger partial charge is 0.503 e. The number of aromatic nitrogens is 2. The molecule has 1 aliphatic carbocycles. The van der Waals surface area contributed by atoms with Gasteiger partial charge in [-0.25, -0.2) is 4.98 Å². The molecule has 200 valence electrons. The molecule has 2 aromatic heterocycles. The second kappa shape index (κ2) is 9.29. The lowest BCUT2D eigenvalue weighted by Gasteiger charge is -2.50. The first kappa shape index (κ1) is 26.3. The van der Waals surface area contributed by atoms with Crippen LogP contribution in [0.5, 0.6) is 5.75 Å². The van der Waals surface area contributed by atoms with Gasteiger partial charge in [-0.3, -0.25) is 18.9 Å². The fraction of sp³-hybridized carbons (Fsp3) is 0.421. The smallest absolute Gasteiger partial charge is 0.418 e. The highest BCUT2D eigenvalue weighted by atomic mass is 32.3. The van der Waals surface area contributed by atoms with Crippen molar-refractivity contribution < 1.29 is 42.0 Å². The van der Waals surface area contributed by atoms with Crippen LogP contribution >= 0.6 is 11.3 Å². The molecule has 2 amide bonds. The lowest BCUT2D eigenvalue weighted by atomic mass is 9.84. The van der Waals surface area contributed by atoms with E-state index in [2.05, 4.69) is 19.7 Å². The van der Waals surface area contributed by atoms with Gasteiger partial charge in [0, 0.05) is 17.4 Å². The van der Waals surface area contributed by atoms with Crippen LogP contribution in [-0.2, 0) is 29.1 Å². The molecule has 2 atom stereocenters. The average Bonchev–Trinajstić information content (AvgIpc) is 3.55. The molecule has 4 rings (SSSR count). The summed E-state index contributed by atoms with van der Waals surface area (Å²) in [6.07, 6.45) is 1.18. The molecule has 6 N–H and O–H groups in total. The molecule has 0 radical (unpaired) electrons. The number of carbonyl (C=O) groups excluding carboxylic acids is 2. The number of rotatable bonds is 9. The molecule has 16 nitrogen and oxygen atoms in total. The van der Waals surface area contributed by atoms with Gasteiger partial charge in [-0.15, -0.1) is 15.6 Å². The van der Waals surface area contributed by atoms with Gasteiger partial charge in [0.05, 0.1) is 11.7 Å². The quantitative estimate of drug-likeness (QED) is 0.0864. The molecular formula is C19H22N6O10S2. The topological polar surface area (TPSA) is 236 Å². The number of nitrogens with one attached hydrogen (secondary N) is 1. The van der Waals surface area contributed by atoms with Gasteiger partial charge in [-0.1, -0.05) is 5.16 Å². The van der Waals surface area contributed by atoms with Gasteiger partial charge < -0.3 is 26.2 Å². The Balaban J connectivity index is 1.61. The van der Waals surface area contributed by atoms with Gasteiger partial charge in [0.2, 0.25) is 5.43 Å². The van der Waals surface area contributed by atoms with Crippen molar-refractivity contribution in [2.45, 2.75) is 44.4 Å². The van der Waals surface area contributed by atoms with E-state index >= 15 is 0 Å². The Kier molecular flexibility index (Phi) is 6.61. The third-order valence-electron chi connectivity index (χ3n) is 5.74. The first-order chi connectivity index (χ1) is 17.2. The summed E-state index contributed by atoms with van der Waals surface area (Å²) >= 11 is 0.999. The molecule has 37 heavy (non-hydrogen) atoms. The molecule has 1 unspecified atom stereocenters. The van der Waals surface area contributed by atoms with Crippen molar-refractivity contribution in [3.8, 4) is 5.75 Å². The van der Waals surface area contributed by atoms with Gasteiger partial charge >= 0.3 is 10.4 Å². The Morgan fingerprint density at radius 1 is 1.38 bits per heavy atom. The zero-order valence-corrected chi connectivity index (χ0v) is 20.9. The van der Waals surface area contributed by atoms with E-state index in [0.29, 0.717) is 22.6 Å². The van der Waals surface area contributed by atoms with E-state index < -0.39 is 56.8 Å². The number of aromatic hydroxyl groups is 1. The summed E-state index contributed by atoms with van der Waals surface area (Å²) in [4.78, 5) is 47.1. The number of nitrogens with zero attached hydrogens (tertiary/aromatic N) is 4. The van der Waals surface area contributed by atoms with Crippen LogP contribution in [0.1, 0.15) is 44.2 Å². The molecule has 0 bridgehead atoms. The number of nitrogen functional groups attached to an aromatic ring is 1. The summed E-state index contributed by atoms with van der Waals surface area (Å²) in [6.45, 7) is 2.76. The predicted octanol–water partition coefficient (Wildman–Crippen LogP) is -0.458. The molecule has 18 heteroatoms. The maximum Gasteiger partial charge on any atom is 0.418 e. The Bertz CT molecular complexity index is 1450. The van der Waals surface area contributed by atoms with Gasteiger partial charge in [0.15, 0.2) is 22.7 Å². The van der Waals surface area contributed by atoms with Gasteiger partial charge in [0.1, 0.15) is 17.4 Å². The lowest BCUT2D eigenvalue weighted by molar-refractivity contribution is -0.218. The van der Waals surface area contributed by atoms with Crippen molar-refractivity contribution in [2.75, 3.05) is 5.73 Å². The van der Waals surface area contributed by atoms with E-state index in [1.54, 1.807) is 0 Å². The van der Waals surface area contributed by atoms with Crippen molar-refractivity contribution in [2.24, 2.45) is 11.1 Å². The third kappa shape index (κ3) is 5.36. The second-order valence-corrected chi connectivity index (χ2v) is 10.8. The molecule has 0 spiro atoms. The standard InChI is InChI=1S/C19H22N6O10S2/c1-19(2)15(17(29)25(19)35-37(31,32)33)22-16(28)13(9-7-36-18(20)21-9)23-34-14(8-3-4-8)10-5-11(26)12(27)6-24(10)30/h5-8,14-15,27,30H,3-4H2,1-2H3,(H2,20,21)(H,22,28)(H,31,32,33)/b23-13-/t14?,15-/m1/s1. The Hall–Kier alpha value is -3.74. The lowest BCUT2D eigenvalue weighted by Crippen LogP contribution is -2.76. The number of pyridine rings is 1. The number of amides is 2. The maximum absolute atomic E-state index is 13.2. The summed E-state index contributed by atoms with van der Waals surface area (Å²) in [6, 6.07) is -0.296. The third-order valence-corrected chi connectivity index (χ3v) is 6.75. The minimum atomic E-state index is -4.99. The highest BCUT2D eigenvalue weighted by molar-refractivity contribution is 7.80. The van der Waals surface area contributed by atoms with Crippen molar-refractivity contribution in [1.82, 2.24) is 20.1 Å². The summed E-state index contributed by atoms with van der Waals surface area (Å²) in [5.74, 6) is -2.74. The number of β-lactam (4-membered cyclic amide) rings is 1. The number of thiazole rings is 1. The number of anilines is 1. The number of carbonyl (C=O) groups is 2. The van der Waals surface area contributed by atoms with Crippen LogP contribution in [0, 0.1) is 5.92 Å². The Morgan fingerprint density at radius 3 is 2.59 bits per heavy atom. The molecule has 1 aliphatic heterocycles. The fourth-order valence-electron chi connectivity index (χ4n) is 3.65. The van der Waals surface area contributed by atoms with E-state index in [1.807, 2.05) is 0 Å². The maximum atomic E-state index is 13.2. The SMILES string of the molecule is CC1(C)[C@H](NC(=O)/C(=N\OC(c2cc(=O)c(O)cn2O)C2CC2)c2csc(N)n2)C(=O)N1OS(=O)(=O)O. The van der Waals surface area contributed by atoms with E-state index in [1.165, 1.54) is 19.2 Å². The van der Waals surface area contributed by atoms with Crippen molar-refractivity contribution in [3.05, 3.63) is 39.3 Å². The molecular weight excluding hydrogens is 536 g/mol. The van der Waals surface area contributed by atoms with Crippen LogP contribution in [0.15, 0.2) is 27.6 Å². The summed E-state index contributed by atoms with van der Waals surface area (Å²) in [7, 11) is -4.99. The highest BCUT2D eigenvalue weighted by Crippen LogP contribution is 2.43. The average molecular weight is 559 g/mol. The zero-order valence-electron chi connectivity index (χ0n) is 19.3.